The summed E-state index contributed by atoms with van der Waals surface area (Å²) < 4.78 is 11.8. The molecule has 27 heavy (non-hydrogen) atoms. The molecule has 3 aliphatic heterocycles. The average Bonchev–Trinajstić information content (AvgIpc) is 3.13. The molecule has 0 fully saturated rings. The Bertz CT molecular complexity index is 1130. The number of amides is 1. The molecule has 136 valence electrons. The minimum atomic E-state index is -0.507. The largest absolute Gasteiger partial charge is 0.454 e. The number of benzene rings is 2. The number of thioether (sulfide) groups is 1. The lowest BCUT2D eigenvalue weighted by molar-refractivity contribution is -0.116. The number of carbonyl (C=O) groups is 1. The number of rotatable bonds is 1. The van der Waals surface area contributed by atoms with Gasteiger partial charge < -0.3 is 9.47 Å². The smallest absolute Gasteiger partial charge is 0.276 e. The first-order valence-electron chi connectivity index (χ1n) is 8.15. The average molecular weight is 445 g/mol. The van der Waals surface area contributed by atoms with Crippen molar-refractivity contribution < 1.29 is 14.3 Å². The fraction of sp³-hybridized carbons (Fsp3) is 0.167. The predicted molar refractivity (Wildman–Crippen MR) is 105 cm³/mol. The van der Waals surface area contributed by atoms with Gasteiger partial charge in [0.25, 0.3) is 5.91 Å². The molecule has 0 aromatic heterocycles. The molecule has 0 saturated heterocycles. The van der Waals surface area contributed by atoms with Crippen LogP contribution in [-0.2, 0) is 4.79 Å². The van der Waals surface area contributed by atoms with Crippen LogP contribution in [0.25, 0.3) is 5.70 Å². The molecular weight excluding hydrogens is 432 g/mol. The monoisotopic (exact) mass is 444 g/mol. The number of nitrogens with zero attached hydrogens (tertiary/aromatic N) is 3. The van der Waals surface area contributed by atoms with Crippen molar-refractivity contribution in [3.05, 3.63) is 57.0 Å². The van der Waals surface area contributed by atoms with Crippen LogP contribution in [0.15, 0.2) is 51.0 Å². The normalized spacial score (nSPS) is 19.7. The van der Waals surface area contributed by atoms with Gasteiger partial charge in [-0.25, -0.2) is 5.01 Å². The van der Waals surface area contributed by atoms with Crippen molar-refractivity contribution in [2.45, 2.75) is 6.17 Å². The summed E-state index contributed by atoms with van der Waals surface area (Å²) in [5.41, 5.74) is 1.32. The van der Waals surface area contributed by atoms with Gasteiger partial charge in [0, 0.05) is 15.3 Å². The molecule has 3 heterocycles. The van der Waals surface area contributed by atoms with Gasteiger partial charge in [-0.15, -0.1) is 5.10 Å². The zero-order valence-electron chi connectivity index (χ0n) is 14.1. The van der Waals surface area contributed by atoms with E-state index in [0.717, 1.165) is 20.6 Å². The van der Waals surface area contributed by atoms with Crippen LogP contribution in [0.2, 0.25) is 0 Å². The van der Waals surface area contributed by atoms with Gasteiger partial charge in [0.1, 0.15) is 5.70 Å². The molecule has 9 heteroatoms. The molecular formula is C18H13BrN4O3S. The van der Waals surface area contributed by atoms with Gasteiger partial charge in [0.15, 0.2) is 22.8 Å². The van der Waals surface area contributed by atoms with E-state index in [4.69, 9.17) is 14.5 Å². The summed E-state index contributed by atoms with van der Waals surface area (Å²) in [7, 11) is 0. The summed E-state index contributed by atoms with van der Waals surface area (Å²) >= 11 is 4.98. The highest BCUT2D eigenvalue weighted by Gasteiger charge is 2.35. The minimum absolute atomic E-state index is 0.189. The molecule has 2 aromatic carbocycles. The highest BCUT2D eigenvalue weighted by atomic mass is 79.9. The fourth-order valence-electron chi connectivity index (χ4n) is 3.25. The highest BCUT2D eigenvalue weighted by molar-refractivity contribution is 9.10. The third kappa shape index (κ3) is 2.61. The Morgan fingerprint density at radius 1 is 1.26 bits per heavy atom. The molecule has 0 saturated carbocycles. The van der Waals surface area contributed by atoms with Crippen LogP contribution in [0.1, 0.15) is 11.7 Å². The van der Waals surface area contributed by atoms with E-state index in [1.807, 2.05) is 42.7 Å². The lowest BCUT2D eigenvalue weighted by Gasteiger charge is -2.34. The maximum atomic E-state index is 12.8. The number of ether oxygens (including phenoxy) is 2. The van der Waals surface area contributed by atoms with Crippen molar-refractivity contribution in [1.82, 2.24) is 10.3 Å². The number of hydrogen-bond donors (Lipinski definition) is 1. The maximum absolute atomic E-state index is 12.8. The topological polar surface area (TPSA) is 75.5 Å². The molecule has 2 aromatic rings. The number of carbonyl (C=O) groups excluding carboxylic acids is 1. The third-order valence-electron chi connectivity index (χ3n) is 4.48. The van der Waals surface area contributed by atoms with Gasteiger partial charge in [-0.2, -0.15) is 0 Å². The number of amidine groups is 1. The van der Waals surface area contributed by atoms with Crippen molar-refractivity contribution in [3.63, 3.8) is 0 Å². The van der Waals surface area contributed by atoms with Crippen LogP contribution >= 0.6 is 27.7 Å². The van der Waals surface area contributed by atoms with Gasteiger partial charge in [0.05, 0.1) is 5.36 Å². The Kier molecular flexibility index (Phi) is 3.87. The van der Waals surface area contributed by atoms with Crippen molar-refractivity contribution in [3.8, 4) is 11.5 Å². The van der Waals surface area contributed by atoms with E-state index in [1.165, 1.54) is 11.8 Å². The minimum Gasteiger partial charge on any atom is -0.454 e. The van der Waals surface area contributed by atoms with Crippen LogP contribution in [0.5, 0.6) is 11.5 Å². The first kappa shape index (κ1) is 16.6. The van der Waals surface area contributed by atoms with Crippen LogP contribution in [0, 0.1) is 0 Å². The summed E-state index contributed by atoms with van der Waals surface area (Å²) in [6, 6.07) is 11.3. The molecule has 0 aliphatic carbocycles. The molecule has 5 rings (SSSR count). The number of nitrogens with one attached hydrogen (secondary N) is 1. The molecule has 0 spiro atoms. The van der Waals surface area contributed by atoms with E-state index < -0.39 is 6.17 Å². The van der Waals surface area contributed by atoms with Crippen molar-refractivity contribution in [2.75, 3.05) is 13.0 Å². The van der Waals surface area contributed by atoms with Crippen LogP contribution in [-0.4, -0.2) is 29.1 Å². The van der Waals surface area contributed by atoms with E-state index >= 15 is 0 Å². The summed E-state index contributed by atoms with van der Waals surface area (Å²) in [6.07, 6.45) is 1.36. The number of hydrogen-bond acceptors (Lipinski definition) is 7. The molecule has 3 aliphatic rings. The second-order valence-electron chi connectivity index (χ2n) is 6.00. The summed E-state index contributed by atoms with van der Waals surface area (Å²) in [5.74, 6) is 1.13. The lowest BCUT2D eigenvalue weighted by atomic mass is 10.1. The van der Waals surface area contributed by atoms with E-state index in [-0.39, 0.29) is 12.7 Å². The number of hydrazone groups is 1. The molecule has 0 bridgehead atoms. The summed E-state index contributed by atoms with van der Waals surface area (Å²) in [4.78, 5) is 17.7. The van der Waals surface area contributed by atoms with Crippen LogP contribution in [0.3, 0.4) is 0 Å². The zero-order valence-corrected chi connectivity index (χ0v) is 16.5. The van der Waals surface area contributed by atoms with Crippen LogP contribution < -0.4 is 25.4 Å². The number of fused-ring (bicyclic) bond motifs is 3. The Labute approximate surface area is 166 Å². The SMILES string of the molecule is CSC1=NN2C(=c3ccccc3=NC2c2cc3c(cc2Br)OCO3)C(=O)N1. The fourth-order valence-corrected chi connectivity index (χ4v) is 4.14. The van der Waals surface area contributed by atoms with E-state index in [2.05, 4.69) is 26.3 Å². The first-order valence-corrected chi connectivity index (χ1v) is 10.2. The molecule has 1 amide bonds. The Morgan fingerprint density at radius 3 is 2.85 bits per heavy atom. The van der Waals surface area contributed by atoms with Crippen molar-refractivity contribution >= 4 is 44.5 Å². The van der Waals surface area contributed by atoms with Gasteiger partial charge in [0.2, 0.25) is 6.79 Å². The number of halogens is 1. The molecule has 1 N–H and O–H groups in total. The zero-order chi connectivity index (χ0) is 18.5. The standard InChI is InChI=1S/C18H13BrN4O3S/c1-27-18-21-17(24)15-9-4-2-3-5-12(9)20-16(23(15)22-18)10-6-13-14(7-11(10)19)26-8-25-13/h2-7,16H,8H2,1H3,(H,21,22,24). The predicted octanol–water partition coefficient (Wildman–Crippen LogP) is 1.68. The Hall–Kier alpha value is -2.52. The van der Waals surface area contributed by atoms with Crippen LogP contribution in [0.4, 0.5) is 0 Å². The van der Waals surface area contributed by atoms with Gasteiger partial charge in [-0.1, -0.05) is 45.9 Å². The Balaban J connectivity index is 1.76. The van der Waals surface area contributed by atoms with E-state index in [0.29, 0.717) is 22.4 Å². The third-order valence-corrected chi connectivity index (χ3v) is 5.74. The second kappa shape index (κ2) is 6.28. The summed E-state index contributed by atoms with van der Waals surface area (Å²) in [6.45, 7) is 0.189. The maximum Gasteiger partial charge on any atom is 0.276 e. The van der Waals surface area contributed by atoms with Crippen molar-refractivity contribution in [1.29, 1.82) is 0 Å². The van der Waals surface area contributed by atoms with Crippen molar-refractivity contribution in [2.24, 2.45) is 10.1 Å². The van der Waals surface area contributed by atoms with E-state index in [9.17, 15) is 4.79 Å². The second-order valence-corrected chi connectivity index (χ2v) is 7.65. The van der Waals surface area contributed by atoms with Gasteiger partial charge in [-0.3, -0.25) is 15.1 Å². The molecule has 0 radical (unpaired) electrons. The molecule has 1 unspecified atom stereocenters. The Morgan fingerprint density at radius 2 is 2.04 bits per heavy atom. The number of para-hydroxylation sites is 1. The summed E-state index contributed by atoms with van der Waals surface area (Å²) in [5, 5.41) is 11.2. The van der Waals surface area contributed by atoms with Gasteiger partial charge >= 0.3 is 0 Å². The first-order chi connectivity index (χ1) is 13.2. The highest BCUT2D eigenvalue weighted by Crippen LogP contribution is 2.42. The lowest BCUT2D eigenvalue weighted by Crippen LogP contribution is -2.50. The molecule has 1 atom stereocenters. The molecule has 7 nitrogen and oxygen atoms in total. The van der Waals surface area contributed by atoms with E-state index in [1.54, 1.807) is 5.01 Å². The quantitative estimate of drug-likeness (QED) is 0.723. The van der Waals surface area contributed by atoms with Gasteiger partial charge in [-0.05, 0) is 24.5 Å².